The largest absolute Gasteiger partial charge is 0.500 e. The standard InChI is InChI=1S/C28H62O6S2Si2/c1-7-29-37(30-8-2,31-9-3)27-23-19-15-13-17-21-25-35-36-26-22-18-14-16-20-24-28-38(32-10-4,33-11-5)34-12-6/h7-28H2,1-6H3. The van der Waals surface area contributed by atoms with Crippen molar-refractivity contribution in [1.82, 2.24) is 0 Å². The van der Waals surface area contributed by atoms with E-state index in [2.05, 4.69) is 21.6 Å². The molecule has 0 saturated heterocycles. The van der Waals surface area contributed by atoms with E-state index >= 15 is 0 Å². The summed E-state index contributed by atoms with van der Waals surface area (Å²) in [5.74, 6) is 2.57. The first kappa shape index (κ1) is 38.9. The zero-order valence-corrected chi connectivity index (χ0v) is 29.5. The Morgan fingerprint density at radius 1 is 0.342 bits per heavy atom. The molecule has 6 nitrogen and oxygen atoms in total. The van der Waals surface area contributed by atoms with E-state index in [1.54, 1.807) is 0 Å². The number of unbranched alkanes of at least 4 members (excludes halogenated alkanes) is 10. The van der Waals surface area contributed by atoms with E-state index in [4.69, 9.17) is 26.6 Å². The van der Waals surface area contributed by atoms with Gasteiger partial charge in [-0.05, 0) is 67.2 Å². The van der Waals surface area contributed by atoms with Gasteiger partial charge in [0.05, 0.1) is 0 Å². The van der Waals surface area contributed by atoms with Gasteiger partial charge in [-0.3, -0.25) is 0 Å². The second-order valence-corrected chi connectivity index (χ2v) is 17.5. The predicted molar refractivity (Wildman–Crippen MR) is 171 cm³/mol. The Hall–Kier alpha value is 0.894. The lowest BCUT2D eigenvalue weighted by atomic mass is 10.1. The van der Waals surface area contributed by atoms with Gasteiger partial charge in [-0.15, -0.1) is 0 Å². The van der Waals surface area contributed by atoms with Gasteiger partial charge in [0, 0.05) is 63.2 Å². The minimum absolute atomic E-state index is 0.670. The summed E-state index contributed by atoms with van der Waals surface area (Å²) in [6, 6.07) is 1.90. The Morgan fingerprint density at radius 2 is 0.579 bits per heavy atom. The zero-order chi connectivity index (χ0) is 28.2. The third-order valence-corrected chi connectivity index (χ3v) is 15.1. The van der Waals surface area contributed by atoms with Crippen LogP contribution in [-0.4, -0.2) is 68.8 Å². The lowest BCUT2D eigenvalue weighted by molar-refractivity contribution is 0.0698. The highest BCUT2D eigenvalue weighted by molar-refractivity contribution is 8.76. The minimum Gasteiger partial charge on any atom is -0.374 e. The Balaban J connectivity index is 3.60. The first-order valence-corrected chi connectivity index (χ1v) is 22.0. The van der Waals surface area contributed by atoms with Crippen LogP contribution < -0.4 is 0 Å². The molecular weight excluding hydrogens is 553 g/mol. The van der Waals surface area contributed by atoms with Gasteiger partial charge in [0.25, 0.3) is 0 Å². The van der Waals surface area contributed by atoms with E-state index < -0.39 is 17.6 Å². The van der Waals surface area contributed by atoms with E-state index in [9.17, 15) is 0 Å². The van der Waals surface area contributed by atoms with Crippen LogP contribution in [0.1, 0.15) is 119 Å². The topological polar surface area (TPSA) is 55.4 Å². The smallest absolute Gasteiger partial charge is 0.374 e. The average Bonchev–Trinajstić information content (AvgIpc) is 2.89. The fraction of sp³-hybridized carbons (Fsp3) is 1.00. The summed E-state index contributed by atoms with van der Waals surface area (Å²) in [5, 5.41) is 0. The molecule has 0 aliphatic heterocycles. The van der Waals surface area contributed by atoms with Gasteiger partial charge < -0.3 is 26.6 Å². The molecule has 230 valence electrons. The van der Waals surface area contributed by atoms with Gasteiger partial charge in [0.1, 0.15) is 0 Å². The molecule has 0 unspecified atom stereocenters. The predicted octanol–water partition coefficient (Wildman–Crippen LogP) is 9.15. The fourth-order valence-electron chi connectivity index (χ4n) is 4.54. The molecule has 0 N–H and O–H groups in total. The van der Waals surface area contributed by atoms with E-state index in [1.807, 2.05) is 41.5 Å². The Labute approximate surface area is 246 Å². The SMILES string of the molecule is CCO[Si](CCCCCCCCSSCCCCCCCC[Si](OCC)(OCC)OCC)(OCC)OCC. The van der Waals surface area contributed by atoms with Crippen molar-refractivity contribution in [3.05, 3.63) is 0 Å². The monoisotopic (exact) mass is 614 g/mol. The van der Waals surface area contributed by atoms with Crippen molar-refractivity contribution in [3.63, 3.8) is 0 Å². The van der Waals surface area contributed by atoms with Crippen molar-refractivity contribution in [1.29, 1.82) is 0 Å². The van der Waals surface area contributed by atoms with Crippen LogP contribution in [0.25, 0.3) is 0 Å². The van der Waals surface area contributed by atoms with Gasteiger partial charge in [-0.1, -0.05) is 73.0 Å². The molecule has 0 aromatic carbocycles. The van der Waals surface area contributed by atoms with Crippen LogP contribution in [0.15, 0.2) is 0 Å². The molecule has 38 heavy (non-hydrogen) atoms. The Bertz CT molecular complexity index is 418. The fourth-order valence-corrected chi connectivity index (χ4v) is 12.2. The second-order valence-electron chi connectivity index (χ2n) is 9.35. The maximum Gasteiger partial charge on any atom is 0.500 e. The second kappa shape index (κ2) is 28.0. The lowest BCUT2D eigenvalue weighted by Crippen LogP contribution is -2.45. The molecule has 0 aromatic heterocycles. The summed E-state index contributed by atoms with van der Waals surface area (Å²) in [6.45, 7) is 16.2. The molecule has 0 radical (unpaired) electrons. The van der Waals surface area contributed by atoms with Crippen LogP contribution >= 0.6 is 21.6 Å². The molecule has 0 spiro atoms. The van der Waals surface area contributed by atoms with E-state index in [0.717, 1.165) is 24.9 Å². The van der Waals surface area contributed by atoms with Crippen LogP contribution in [0, 0.1) is 0 Å². The molecule has 0 amide bonds. The summed E-state index contributed by atoms with van der Waals surface area (Å²) in [5.41, 5.74) is 0. The normalized spacial score (nSPS) is 12.5. The van der Waals surface area contributed by atoms with Crippen molar-refractivity contribution in [2.24, 2.45) is 0 Å². The van der Waals surface area contributed by atoms with E-state index in [-0.39, 0.29) is 0 Å². The molecule has 0 heterocycles. The number of rotatable bonds is 31. The van der Waals surface area contributed by atoms with Crippen molar-refractivity contribution < 1.29 is 26.6 Å². The summed E-state index contributed by atoms with van der Waals surface area (Å²) >= 11 is 0. The van der Waals surface area contributed by atoms with Crippen LogP contribution in [0.5, 0.6) is 0 Å². The van der Waals surface area contributed by atoms with Gasteiger partial charge in [0.15, 0.2) is 0 Å². The van der Waals surface area contributed by atoms with Gasteiger partial charge in [0.2, 0.25) is 0 Å². The quantitative estimate of drug-likeness (QED) is 0.0435. The summed E-state index contributed by atoms with van der Waals surface area (Å²) in [6.07, 6.45) is 15.4. The van der Waals surface area contributed by atoms with Crippen LogP contribution in [0.4, 0.5) is 0 Å². The molecule has 0 atom stereocenters. The van der Waals surface area contributed by atoms with Gasteiger partial charge >= 0.3 is 17.6 Å². The molecule has 10 heteroatoms. The van der Waals surface area contributed by atoms with Crippen molar-refractivity contribution in [2.75, 3.05) is 51.1 Å². The van der Waals surface area contributed by atoms with Crippen LogP contribution in [0.2, 0.25) is 12.1 Å². The summed E-state index contributed by atoms with van der Waals surface area (Å²) in [7, 11) is -0.747. The minimum atomic E-state index is -2.44. The summed E-state index contributed by atoms with van der Waals surface area (Å²) in [4.78, 5) is 0. The molecule has 0 aromatic rings. The lowest BCUT2D eigenvalue weighted by Gasteiger charge is -2.28. The van der Waals surface area contributed by atoms with Crippen molar-refractivity contribution >= 4 is 39.2 Å². The molecule has 0 saturated carbocycles. The van der Waals surface area contributed by atoms with Crippen molar-refractivity contribution in [2.45, 2.75) is 131 Å². The first-order chi connectivity index (χ1) is 18.6. The molecule has 0 aliphatic carbocycles. The van der Waals surface area contributed by atoms with Crippen LogP contribution in [-0.2, 0) is 26.6 Å². The molecule has 0 bridgehead atoms. The van der Waals surface area contributed by atoms with E-state index in [1.165, 1.54) is 75.7 Å². The van der Waals surface area contributed by atoms with Gasteiger partial charge in [-0.2, -0.15) is 0 Å². The Morgan fingerprint density at radius 3 is 0.842 bits per heavy atom. The van der Waals surface area contributed by atoms with E-state index in [0.29, 0.717) is 39.6 Å². The maximum atomic E-state index is 5.95. The Kier molecular flexibility index (Phi) is 28.7. The molecule has 0 rings (SSSR count). The third-order valence-electron chi connectivity index (χ3n) is 6.19. The summed E-state index contributed by atoms with van der Waals surface area (Å²) < 4.78 is 35.7. The first-order valence-electron chi connectivity index (χ1n) is 15.7. The number of hydrogen-bond donors (Lipinski definition) is 0. The van der Waals surface area contributed by atoms with Crippen molar-refractivity contribution in [3.8, 4) is 0 Å². The highest BCUT2D eigenvalue weighted by atomic mass is 33.1. The molecular formula is C28H62O6S2Si2. The highest BCUT2D eigenvalue weighted by Gasteiger charge is 2.40. The third kappa shape index (κ3) is 20.7. The average molecular weight is 615 g/mol. The highest BCUT2D eigenvalue weighted by Crippen LogP contribution is 2.26. The maximum absolute atomic E-state index is 5.95. The zero-order valence-electron chi connectivity index (χ0n) is 25.8. The molecule has 0 aliphatic rings. The number of hydrogen-bond acceptors (Lipinski definition) is 8. The molecule has 0 fully saturated rings. The van der Waals surface area contributed by atoms with Crippen LogP contribution in [0.3, 0.4) is 0 Å². The van der Waals surface area contributed by atoms with Gasteiger partial charge in [-0.25, -0.2) is 0 Å².